The summed E-state index contributed by atoms with van der Waals surface area (Å²) in [6.45, 7) is 5.30. The maximum atomic E-state index is 14.0. The van der Waals surface area contributed by atoms with Gasteiger partial charge < -0.3 is 10.1 Å². The minimum Gasteiger partial charge on any atom is -0.381 e. The highest BCUT2D eigenvalue weighted by molar-refractivity contribution is 8.00. The van der Waals surface area contributed by atoms with Crippen LogP contribution in [0.5, 0.6) is 0 Å². The van der Waals surface area contributed by atoms with Gasteiger partial charge in [-0.3, -0.25) is 0 Å². The van der Waals surface area contributed by atoms with Crippen molar-refractivity contribution in [1.29, 1.82) is 0 Å². The Balaban J connectivity index is 2.08. The van der Waals surface area contributed by atoms with Crippen LogP contribution in [-0.4, -0.2) is 25.0 Å². The minimum atomic E-state index is -0.0955. The first-order chi connectivity index (χ1) is 8.81. The van der Waals surface area contributed by atoms with Gasteiger partial charge in [0.25, 0.3) is 0 Å². The number of halogens is 1. The molecule has 18 heavy (non-hydrogen) atoms. The smallest absolute Gasteiger partial charge is 0.137 e. The molecule has 0 aromatic heterocycles. The number of hydrogen-bond donors (Lipinski definition) is 1. The number of thioether (sulfide) groups is 1. The van der Waals surface area contributed by atoms with E-state index in [1.807, 2.05) is 6.07 Å². The quantitative estimate of drug-likeness (QED) is 0.887. The lowest BCUT2D eigenvalue weighted by atomic mass is 10.2. The van der Waals surface area contributed by atoms with E-state index >= 15 is 0 Å². The van der Waals surface area contributed by atoms with Crippen LogP contribution in [0, 0.1) is 5.82 Å². The van der Waals surface area contributed by atoms with Crippen LogP contribution in [0.25, 0.3) is 0 Å². The molecule has 0 atom stereocenters. The van der Waals surface area contributed by atoms with Crippen LogP contribution in [-0.2, 0) is 11.3 Å². The highest BCUT2D eigenvalue weighted by Gasteiger charge is 2.18. The van der Waals surface area contributed by atoms with Crippen molar-refractivity contribution in [3.05, 3.63) is 29.6 Å². The van der Waals surface area contributed by atoms with Crippen LogP contribution in [0.4, 0.5) is 4.39 Å². The van der Waals surface area contributed by atoms with Crippen molar-refractivity contribution in [2.24, 2.45) is 0 Å². The van der Waals surface area contributed by atoms with E-state index in [0.717, 1.165) is 49.6 Å². The van der Waals surface area contributed by atoms with Gasteiger partial charge in [-0.15, -0.1) is 11.8 Å². The molecule has 2 rings (SSSR count). The second kappa shape index (κ2) is 7.12. The molecular weight excluding hydrogens is 249 g/mol. The summed E-state index contributed by atoms with van der Waals surface area (Å²) in [5, 5.41) is 3.75. The third kappa shape index (κ3) is 3.70. The highest BCUT2D eigenvalue weighted by atomic mass is 32.2. The fourth-order valence-corrected chi connectivity index (χ4v) is 3.28. The number of rotatable bonds is 5. The predicted molar refractivity (Wildman–Crippen MR) is 73.5 cm³/mol. The molecule has 0 radical (unpaired) electrons. The van der Waals surface area contributed by atoms with Crippen molar-refractivity contribution < 1.29 is 9.13 Å². The van der Waals surface area contributed by atoms with Gasteiger partial charge in [0.1, 0.15) is 5.82 Å². The number of benzene rings is 1. The second-order valence-corrected chi connectivity index (χ2v) is 5.75. The van der Waals surface area contributed by atoms with Crippen LogP contribution in [0.1, 0.15) is 25.3 Å². The third-order valence-corrected chi connectivity index (χ3v) is 4.56. The molecule has 2 nitrogen and oxygen atoms in total. The summed E-state index contributed by atoms with van der Waals surface area (Å²) in [6.07, 6.45) is 2.03. The molecule has 1 aromatic rings. The molecule has 0 spiro atoms. The Morgan fingerprint density at radius 3 is 2.89 bits per heavy atom. The maximum absolute atomic E-state index is 14.0. The first kappa shape index (κ1) is 13.8. The standard InChI is InChI=1S/C14H20FNOS/c1-2-16-10-11-4-3-5-13(15)14(11)18-12-6-8-17-9-7-12/h3-5,12,16H,2,6-10H2,1H3. The fourth-order valence-electron chi connectivity index (χ4n) is 2.04. The molecule has 0 unspecified atom stereocenters. The van der Waals surface area contributed by atoms with Crippen LogP contribution in [0.3, 0.4) is 0 Å². The van der Waals surface area contributed by atoms with Crippen molar-refractivity contribution in [1.82, 2.24) is 5.32 Å². The molecule has 1 aromatic carbocycles. The molecule has 0 saturated carbocycles. The molecular formula is C14H20FNOS. The van der Waals surface area contributed by atoms with Crippen LogP contribution < -0.4 is 5.32 Å². The van der Waals surface area contributed by atoms with Crippen LogP contribution in [0.2, 0.25) is 0 Å². The zero-order chi connectivity index (χ0) is 12.8. The lowest BCUT2D eigenvalue weighted by Crippen LogP contribution is -2.18. The summed E-state index contributed by atoms with van der Waals surface area (Å²) in [7, 11) is 0. The Bertz CT molecular complexity index is 380. The lowest BCUT2D eigenvalue weighted by Gasteiger charge is -2.22. The fraction of sp³-hybridized carbons (Fsp3) is 0.571. The average molecular weight is 269 g/mol. The third-order valence-electron chi connectivity index (χ3n) is 3.07. The van der Waals surface area contributed by atoms with Crippen molar-refractivity contribution in [3.8, 4) is 0 Å². The van der Waals surface area contributed by atoms with Crippen molar-refractivity contribution >= 4 is 11.8 Å². The molecule has 1 aliphatic rings. The summed E-state index contributed by atoms with van der Waals surface area (Å²) < 4.78 is 19.3. The normalized spacial score (nSPS) is 17.0. The SMILES string of the molecule is CCNCc1cccc(F)c1SC1CCOCC1. The van der Waals surface area contributed by atoms with Gasteiger partial charge in [0, 0.05) is 29.9 Å². The van der Waals surface area contributed by atoms with Gasteiger partial charge in [0.15, 0.2) is 0 Å². The van der Waals surface area contributed by atoms with E-state index in [-0.39, 0.29) is 5.82 Å². The van der Waals surface area contributed by atoms with E-state index in [2.05, 4.69) is 12.2 Å². The second-order valence-electron chi connectivity index (χ2n) is 4.44. The summed E-state index contributed by atoms with van der Waals surface area (Å²) >= 11 is 1.67. The summed E-state index contributed by atoms with van der Waals surface area (Å²) in [4.78, 5) is 0.811. The van der Waals surface area contributed by atoms with E-state index in [1.54, 1.807) is 23.9 Å². The first-order valence-corrected chi connectivity index (χ1v) is 7.41. The van der Waals surface area contributed by atoms with E-state index in [0.29, 0.717) is 5.25 Å². The lowest BCUT2D eigenvalue weighted by molar-refractivity contribution is 0.1000. The highest BCUT2D eigenvalue weighted by Crippen LogP contribution is 2.34. The summed E-state index contributed by atoms with van der Waals surface area (Å²) in [5.41, 5.74) is 1.06. The van der Waals surface area contributed by atoms with Crippen molar-refractivity contribution in [3.63, 3.8) is 0 Å². The van der Waals surface area contributed by atoms with Gasteiger partial charge in [-0.05, 0) is 31.0 Å². The van der Waals surface area contributed by atoms with E-state index in [9.17, 15) is 4.39 Å². The molecule has 4 heteroatoms. The van der Waals surface area contributed by atoms with Crippen molar-refractivity contribution in [2.45, 2.75) is 36.5 Å². The van der Waals surface area contributed by atoms with E-state index in [4.69, 9.17) is 4.74 Å². The monoisotopic (exact) mass is 269 g/mol. The number of ether oxygens (including phenoxy) is 1. The Kier molecular flexibility index (Phi) is 5.47. The summed E-state index contributed by atoms with van der Waals surface area (Å²) in [5.74, 6) is -0.0955. The van der Waals surface area contributed by atoms with Crippen molar-refractivity contribution in [2.75, 3.05) is 19.8 Å². The van der Waals surface area contributed by atoms with Gasteiger partial charge in [-0.2, -0.15) is 0 Å². The van der Waals surface area contributed by atoms with Gasteiger partial charge in [-0.25, -0.2) is 4.39 Å². The number of nitrogens with one attached hydrogen (secondary N) is 1. The zero-order valence-electron chi connectivity index (χ0n) is 10.7. The first-order valence-electron chi connectivity index (χ1n) is 6.53. The maximum Gasteiger partial charge on any atom is 0.137 e. The Morgan fingerprint density at radius 2 is 2.17 bits per heavy atom. The average Bonchev–Trinajstić information content (AvgIpc) is 2.41. The van der Waals surface area contributed by atoms with Gasteiger partial charge >= 0.3 is 0 Å². The van der Waals surface area contributed by atoms with Gasteiger partial charge in [-0.1, -0.05) is 19.1 Å². The zero-order valence-corrected chi connectivity index (χ0v) is 11.6. The Hall–Kier alpha value is -0.580. The molecule has 100 valence electrons. The molecule has 1 N–H and O–H groups in total. The summed E-state index contributed by atoms with van der Waals surface area (Å²) in [6, 6.07) is 5.35. The Labute approximate surface area is 112 Å². The molecule has 1 saturated heterocycles. The molecule has 1 aliphatic heterocycles. The van der Waals surface area contributed by atoms with Crippen LogP contribution in [0.15, 0.2) is 23.1 Å². The largest absolute Gasteiger partial charge is 0.381 e. The van der Waals surface area contributed by atoms with E-state index in [1.165, 1.54) is 0 Å². The van der Waals surface area contributed by atoms with Crippen LogP contribution >= 0.6 is 11.8 Å². The molecule has 1 heterocycles. The molecule has 0 aliphatic carbocycles. The van der Waals surface area contributed by atoms with Gasteiger partial charge in [0.2, 0.25) is 0 Å². The molecule has 1 fully saturated rings. The van der Waals surface area contributed by atoms with Gasteiger partial charge in [0.05, 0.1) is 0 Å². The molecule has 0 amide bonds. The van der Waals surface area contributed by atoms with E-state index < -0.39 is 0 Å². The predicted octanol–water partition coefficient (Wildman–Crippen LogP) is 3.21. The molecule has 0 bridgehead atoms. The topological polar surface area (TPSA) is 21.3 Å². The number of hydrogen-bond acceptors (Lipinski definition) is 3. The Morgan fingerprint density at radius 1 is 1.39 bits per heavy atom. The minimum absolute atomic E-state index is 0.0955.